The summed E-state index contributed by atoms with van der Waals surface area (Å²) in [5.41, 5.74) is 7.23. The highest BCUT2D eigenvalue weighted by Crippen LogP contribution is 2.24. The lowest BCUT2D eigenvalue weighted by atomic mass is 10.2. The lowest BCUT2D eigenvalue weighted by molar-refractivity contribution is 0.0955. The van der Waals surface area contributed by atoms with Crippen molar-refractivity contribution in [2.24, 2.45) is 5.10 Å². The number of nitrogens with zero attached hydrogens (tertiary/aromatic N) is 2. The van der Waals surface area contributed by atoms with Gasteiger partial charge in [0.05, 0.1) is 19.4 Å². The zero-order chi connectivity index (χ0) is 22.9. The van der Waals surface area contributed by atoms with Gasteiger partial charge in [-0.05, 0) is 75.2 Å². The van der Waals surface area contributed by atoms with Crippen LogP contribution in [-0.2, 0) is 0 Å². The molecule has 32 heavy (non-hydrogen) atoms. The van der Waals surface area contributed by atoms with E-state index in [2.05, 4.69) is 54.9 Å². The van der Waals surface area contributed by atoms with E-state index in [1.807, 2.05) is 30.3 Å². The van der Waals surface area contributed by atoms with Crippen LogP contribution in [0.3, 0.4) is 0 Å². The molecule has 1 heterocycles. The maximum absolute atomic E-state index is 12.5. The summed E-state index contributed by atoms with van der Waals surface area (Å²) in [6.07, 6.45) is 3.42. The van der Waals surface area contributed by atoms with Crippen LogP contribution in [0.25, 0.3) is 5.69 Å². The molecule has 2 aromatic carbocycles. The van der Waals surface area contributed by atoms with Crippen molar-refractivity contribution in [3.8, 4) is 17.2 Å². The second-order valence-corrected chi connectivity index (χ2v) is 7.59. The number of hydrogen-bond donors (Lipinski definition) is 1. The fraction of sp³-hybridized carbons (Fsp3) is 0.308. The summed E-state index contributed by atoms with van der Waals surface area (Å²) in [6.45, 7) is 9.48. The van der Waals surface area contributed by atoms with E-state index in [0.717, 1.165) is 41.2 Å². The number of carbonyl (C=O) groups is 1. The molecule has 0 unspecified atom stereocenters. The van der Waals surface area contributed by atoms with E-state index >= 15 is 0 Å². The molecular weight excluding hydrogens is 402 g/mol. The van der Waals surface area contributed by atoms with Crippen LogP contribution in [0.15, 0.2) is 59.7 Å². The van der Waals surface area contributed by atoms with Crippen molar-refractivity contribution >= 4 is 12.1 Å². The summed E-state index contributed by atoms with van der Waals surface area (Å²) >= 11 is 0. The molecule has 0 bridgehead atoms. The minimum absolute atomic E-state index is 0.271. The van der Waals surface area contributed by atoms with Crippen LogP contribution in [0, 0.1) is 13.8 Å². The number of rotatable bonds is 10. The molecule has 0 aliphatic heterocycles. The molecule has 168 valence electrons. The molecule has 1 N–H and O–H groups in total. The van der Waals surface area contributed by atoms with Crippen LogP contribution >= 0.6 is 0 Å². The number of hydrazone groups is 1. The van der Waals surface area contributed by atoms with Crippen LogP contribution in [0.5, 0.6) is 11.5 Å². The highest BCUT2D eigenvalue weighted by atomic mass is 16.5. The van der Waals surface area contributed by atoms with Gasteiger partial charge in [-0.3, -0.25) is 4.79 Å². The molecule has 0 saturated carbocycles. The number of aryl methyl sites for hydroxylation is 2. The minimum Gasteiger partial charge on any atom is -0.493 e. The summed E-state index contributed by atoms with van der Waals surface area (Å²) in [5, 5.41) is 4.13. The Morgan fingerprint density at radius 2 is 1.59 bits per heavy atom. The largest absolute Gasteiger partial charge is 0.493 e. The molecule has 1 aromatic heterocycles. The molecule has 0 atom stereocenters. The average molecular weight is 434 g/mol. The van der Waals surface area contributed by atoms with E-state index in [-0.39, 0.29) is 5.91 Å². The van der Waals surface area contributed by atoms with Gasteiger partial charge in [0.1, 0.15) is 11.5 Å². The van der Waals surface area contributed by atoms with E-state index in [9.17, 15) is 4.79 Å². The van der Waals surface area contributed by atoms with E-state index in [1.54, 1.807) is 18.3 Å². The Labute approximate surface area is 189 Å². The average Bonchev–Trinajstić information content (AvgIpc) is 3.15. The monoisotopic (exact) mass is 433 g/mol. The first-order valence-corrected chi connectivity index (χ1v) is 11.0. The van der Waals surface area contributed by atoms with Gasteiger partial charge in [0, 0.05) is 34.3 Å². The summed E-state index contributed by atoms with van der Waals surface area (Å²) in [6, 6.07) is 17.2. The first-order valence-electron chi connectivity index (χ1n) is 11.0. The Hall–Kier alpha value is -3.54. The van der Waals surface area contributed by atoms with Gasteiger partial charge < -0.3 is 14.0 Å². The lowest BCUT2D eigenvalue weighted by Gasteiger charge is -2.11. The topological polar surface area (TPSA) is 64.8 Å². The van der Waals surface area contributed by atoms with E-state index in [4.69, 9.17) is 9.47 Å². The maximum Gasteiger partial charge on any atom is 0.271 e. The smallest absolute Gasteiger partial charge is 0.271 e. The fourth-order valence-corrected chi connectivity index (χ4v) is 3.33. The van der Waals surface area contributed by atoms with Crippen LogP contribution in [-0.4, -0.2) is 29.9 Å². The zero-order valence-electron chi connectivity index (χ0n) is 19.2. The number of benzene rings is 2. The number of ether oxygens (including phenoxy) is 2. The molecule has 6 heteroatoms. The number of amides is 1. The molecule has 1 amide bonds. The predicted molar refractivity (Wildman–Crippen MR) is 128 cm³/mol. The quantitative estimate of drug-likeness (QED) is 0.342. The maximum atomic E-state index is 12.5. The molecule has 0 aliphatic rings. The van der Waals surface area contributed by atoms with Gasteiger partial charge in [0.25, 0.3) is 5.91 Å². The lowest BCUT2D eigenvalue weighted by Crippen LogP contribution is -2.17. The Balaban J connectivity index is 1.68. The third-order valence-electron chi connectivity index (χ3n) is 4.95. The molecule has 0 saturated heterocycles. The molecular formula is C26H31N3O3. The van der Waals surface area contributed by atoms with E-state index < -0.39 is 0 Å². The van der Waals surface area contributed by atoms with Gasteiger partial charge in [0.15, 0.2) is 0 Å². The van der Waals surface area contributed by atoms with Gasteiger partial charge in [0.2, 0.25) is 0 Å². The van der Waals surface area contributed by atoms with E-state index in [1.165, 1.54) is 0 Å². The third-order valence-corrected chi connectivity index (χ3v) is 4.95. The third kappa shape index (κ3) is 5.78. The van der Waals surface area contributed by atoms with Crippen LogP contribution in [0.2, 0.25) is 0 Å². The number of hydrogen-bond acceptors (Lipinski definition) is 4. The summed E-state index contributed by atoms with van der Waals surface area (Å²) in [4.78, 5) is 12.5. The van der Waals surface area contributed by atoms with Gasteiger partial charge in [-0.15, -0.1) is 0 Å². The number of carbonyl (C=O) groups excluding carboxylic acids is 1. The summed E-state index contributed by atoms with van der Waals surface area (Å²) in [7, 11) is 0. The molecule has 0 radical (unpaired) electrons. The van der Waals surface area contributed by atoms with Crippen molar-refractivity contribution in [1.29, 1.82) is 0 Å². The van der Waals surface area contributed by atoms with Gasteiger partial charge in [-0.1, -0.05) is 13.8 Å². The number of nitrogens with one attached hydrogen (secondary N) is 1. The van der Waals surface area contributed by atoms with Crippen molar-refractivity contribution in [2.75, 3.05) is 13.2 Å². The zero-order valence-corrected chi connectivity index (χ0v) is 19.2. The highest BCUT2D eigenvalue weighted by Gasteiger charge is 2.08. The summed E-state index contributed by atoms with van der Waals surface area (Å²) in [5.74, 6) is 1.17. The summed E-state index contributed by atoms with van der Waals surface area (Å²) < 4.78 is 13.7. The van der Waals surface area contributed by atoms with Crippen molar-refractivity contribution in [2.45, 2.75) is 40.5 Å². The van der Waals surface area contributed by atoms with Crippen molar-refractivity contribution in [3.63, 3.8) is 0 Å². The fourth-order valence-electron chi connectivity index (χ4n) is 3.33. The van der Waals surface area contributed by atoms with E-state index in [0.29, 0.717) is 24.5 Å². The predicted octanol–water partition coefficient (Wildman–Crippen LogP) is 5.44. The van der Waals surface area contributed by atoms with Crippen LogP contribution in [0.4, 0.5) is 0 Å². The second kappa shape index (κ2) is 11.2. The Morgan fingerprint density at radius 1 is 0.938 bits per heavy atom. The molecule has 0 fully saturated rings. The van der Waals surface area contributed by atoms with Crippen molar-refractivity contribution < 1.29 is 14.3 Å². The SMILES string of the molecule is CCCOc1ccc(/C=N\NC(=O)c2ccc(-n3c(C)ccc3C)cc2)c(OCCC)c1. The Kier molecular flexibility index (Phi) is 8.08. The first-order chi connectivity index (χ1) is 15.5. The van der Waals surface area contributed by atoms with Crippen molar-refractivity contribution in [3.05, 3.63) is 77.1 Å². The molecule has 0 aliphatic carbocycles. The minimum atomic E-state index is -0.271. The molecule has 3 aromatic rings. The van der Waals surface area contributed by atoms with Crippen molar-refractivity contribution in [1.82, 2.24) is 9.99 Å². The van der Waals surface area contributed by atoms with Gasteiger partial charge >= 0.3 is 0 Å². The second-order valence-electron chi connectivity index (χ2n) is 7.59. The first kappa shape index (κ1) is 23.1. The van der Waals surface area contributed by atoms with Crippen LogP contribution < -0.4 is 14.9 Å². The molecule has 3 rings (SSSR count). The highest BCUT2D eigenvalue weighted by molar-refractivity contribution is 5.95. The standard InChI is InChI=1S/C26H31N3O3/c1-5-15-31-24-14-11-22(25(17-24)32-16-6-2)18-27-28-26(30)21-9-12-23(13-10-21)29-19(3)7-8-20(29)4/h7-14,17-18H,5-6,15-16H2,1-4H3,(H,28,30)/b27-18-. The van der Waals surface area contributed by atoms with Gasteiger partial charge in [-0.25, -0.2) is 5.43 Å². The van der Waals surface area contributed by atoms with Crippen LogP contribution in [0.1, 0.15) is 54.0 Å². The molecule has 6 nitrogen and oxygen atoms in total. The molecule has 0 spiro atoms. The van der Waals surface area contributed by atoms with Gasteiger partial charge in [-0.2, -0.15) is 5.10 Å². The number of aromatic nitrogens is 1. The Bertz CT molecular complexity index is 1050. The Morgan fingerprint density at radius 3 is 2.25 bits per heavy atom. The normalized spacial score (nSPS) is 11.0.